The van der Waals surface area contributed by atoms with Gasteiger partial charge in [-0.05, 0) is 12.1 Å². The summed E-state index contributed by atoms with van der Waals surface area (Å²) in [6, 6.07) is 5.24. The summed E-state index contributed by atoms with van der Waals surface area (Å²) in [5.74, 6) is 0.990. The Hall–Kier alpha value is -1.86. The highest BCUT2D eigenvalue weighted by atomic mass is 16.6. The van der Waals surface area contributed by atoms with Gasteiger partial charge in [0.25, 0.3) is 0 Å². The summed E-state index contributed by atoms with van der Waals surface area (Å²) in [4.78, 5) is 0. The standard InChI is InChI=1S/C32H55NO14/c33-28-1-2-31(46-26-29-24-42-17-15-38-9-7-34-3-5-36-11-13-40-19-21-44-29)32(23-28)47-27-30-25-43-18-16-39-10-8-35-4-6-37-12-14-41-20-22-45-30/h1-2,23,29-30H,3-22,24-27,33H2. The summed E-state index contributed by atoms with van der Waals surface area (Å²) in [6.45, 7) is 10.3. The molecule has 2 aliphatic rings. The van der Waals surface area contributed by atoms with E-state index in [9.17, 15) is 0 Å². The van der Waals surface area contributed by atoms with Crippen molar-refractivity contribution < 1.29 is 66.3 Å². The number of hydrogen-bond acceptors (Lipinski definition) is 15. The Kier molecular flexibility index (Phi) is 23.6. The van der Waals surface area contributed by atoms with Gasteiger partial charge in [0.05, 0.1) is 145 Å². The van der Waals surface area contributed by atoms with E-state index < -0.39 is 0 Å². The quantitative estimate of drug-likeness (QED) is 0.425. The van der Waals surface area contributed by atoms with Crippen LogP contribution < -0.4 is 15.2 Å². The number of rotatable bonds is 6. The maximum Gasteiger partial charge on any atom is 0.163 e. The Morgan fingerprint density at radius 1 is 0.426 bits per heavy atom. The average molecular weight is 678 g/mol. The monoisotopic (exact) mass is 677 g/mol. The van der Waals surface area contributed by atoms with Gasteiger partial charge in [0.15, 0.2) is 11.5 Å². The van der Waals surface area contributed by atoms with Crippen molar-refractivity contribution in [3.63, 3.8) is 0 Å². The lowest BCUT2D eigenvalue weighted by molar-refractivity contribution is -0.0734. The van der Waals surface area contributed by atoms with Crippen LogP contribution in [0, 0.1) is 0 Å². The highest BCUT2D eigenvalue weighted by molar-refractivity contribution is 5.52. The van der Waals surface area contributed by atoms with E-state index in [1.54, 1.807) is 18.2 Å². The van der Waals surface area contributed by atoms with E-state index in [1.807, 2.05) is 0 Å². The smallest absolute Gasteiger partial charge is 0.163 e. The summed E-state index contributed by atoms with van der Waals surface area (Å²) in [6.07, 6.45) is -0.732. The molecule has 2 aliphatic heterocycles. The first-order valence-electron chi connectivity index (χ1n) is 16.5. The number of hydrogen-bond donors (Lipinski definition) is 1. The van der Waals surface area contributed by atoms with E-state index in [2.05, 4.69) is 0 Å². The van der Waals surface area contributed by atoms with E-state index in [-0.39, 0.29) is 25.4 Å². The molecule has 2 saturated heterocycles. The Labute approximate surface area is 278 Å². The molecule has 2 heterocycles. The van der Waals surface area contributed by atoms with E-state index >= 15 is 0 Å². The third kappa shape index (κ3) is 21.0. The van der Waals surface area contributed by atoms with Crippen LogP contribution in [0.2, 0.25) is 0 Å². The van der Waals surface area contributed by atoms with Crippen molar-refractivity contribution in [1.82, 2.24) is 0 Å². The van der Waals surface area contributed by atoms with Crippen molar-refractivity contribution in [2.24, 2.45) is 0 Å². The highest BCUT2D eigenvalue weighted by Gasteiger charge is 2.17. The molecule has 0 radical (unpaired) electrons. The zero-order chi connectivity index (χ0) is 32.9. The molecular weight excluding hydrogens is 622 g/mol. The normalized spacial score (nSPS) is 24.5. The van der Waals surface area contributed by atoms with Crippen molar-refractivity contribution in [2.45, 2.75) is 12.2 Å². The summed E-state index contributed by atoms with van der Waals surface area (Å²) < 4.78 is 80.3. The predicted molar refractivity (Wildman–Crippen MR) is 170 cm³/mol. The number of nitrogens with two attached hydrogens (primary N) is 1. The van der Waals surface area contributed by atoms with Crippen molar-refractivity contribution in [3.8, 4) is 11.5 Å². The average Bonchev–Trinajstić information content (AvgIpc) is 3.07. The van der Waals surface area contributed by atoms with Crippen LogP contribution in [0.25, 0.3) is 0 Å². The second-order valence-electron chi connectivity index (χ2n) is 10.4. The van der Waals surface area contributed by atoms with Crippen LogP contribution in [-0.4, -0.2) is 171 Å². The predicted octanol–water partition coefficient (Wildman–Crippen LogP) is 0.990. The molecule has 1 aromatic carbocycles. The largest absolute Gasteiger partial charge is 0.487 e. The summed E-state index contributed by atoms with van der Waals surface area (Å²) in [5.41, 5.74) is 6.63. The van der Waals surface area contributed by atoms with Crippen LogP contribution in [-0.2, 0) is 56.8 Å². The van der Waals surface area contributed by atoms with Crippen molar-refractivity contribution in [2.75, 3.05) is 164 Å². The van der Waals surface area contributed by atoms with Gasteiger partial charge >= 0.3 is 0 Å². The van der Waals surface area contributed by atoms with Crippen LogP contribution in [0.5, 0.6) is 11.5 Å². The van der Waals surface area contributed by atoms with E-state index in [4.69, 9.17) is 72.0 Å². The molecule has 2 unspecified atom stereocenters. The van der Waals surface area contributed by atoms with Crippen molar-refractivity contribution in [3.05, 3.63) is 18.2 Å². The van der Waals surface area contributed by atoms with Crippen LogP contribution in [0.3, 0.4) is 0 Å². The van der Waals surface area contributed by atoms with Crippen LogP contribution >= 0.6 is 0 Å². The zero-order valence-corrected chi connectivity index (χ0v) is 27.7. The lowest BCUT2D eigenvalue weighted by atomic mass is 10.2. The second-order valence-corrected chi connectivity index (χ2v) is 10.4. The summed E-state index contributed by atoms with van der Waals surface area (Å²) in [5, 5.41) is 0. The van der Waals surface area contributed by atoms with Crippen LogP contribution in [0.1, 0.15) is 0 Å². The molecule has 15 heteroatoms. The van der Waals surface area contributed by atoms with Crippen molar-refractivity contribution in [1.29, 1.82) is 0 Å². The fourth-order valence-corrected chi connectivity index (χ4v) is 4.15. The number of nitrogen functional groups attached to an aromatic ring is 1. The van der Waals surface area contributed by atoms with Gasteiger partial charge in [-0.15, -0.1) is 0 Å². The van der Waals surface area contributed by atoms with Gasteiger partial charge in [-0.1, -0.05) is 0 Å². The molecule has 3 rings (SSSR count). The van der Waals surface area contributed by atoms with Crippen LogP contribution in [0.15, 0.2) is 18.2 Å². The minimum absolute atomic E-state index is 0.201. The maximum atomic E-state index is 6.16. The topological polar surface area (TPSA) is 155 Å². The van der Waals surface area contributed by atoms with Crippen LogP contribution in [0.4, 0.5) is 5.69 Å². The SMILES string of the molecule is Nc1ccc(OCC2COCCOCCOCCOCCOCCO2)c(OCC2COCCOCCOCCOCCOCCO2)c1. The van der Waals surface area contributed by atoms with Crippen molar-refractivity contribution >= 4 is 5.69 Å². The molecule has 0 spiro atoms. The minimum Gasteiger partial charge on any atom is -0.487 e. The van der Waals surface area contributed by atoms with Gasteiger partial charge in [0.2, 0.25) is 0 Å². The molecule has 0 bridgehead atoms. The molecule has 0 amide bonds. The Morgan fingerprint density at radius 3 is 1.13 bits per heavy atom. The second kappa shape index (κ2) is 28.0. The minimum atomic E-state index is -0.371. The Bertz CT molecular complexity index is 833. The third-order valence-electron chi connectivity index (χ3n) is 6.56. The van der Waals surface area contributed by atoms with E-state index in [1.165, 1.54) is 0 Å². The molecule has 2 fully saturated rings. The Balaban J connectivity index is 1.49. The maximum absolute atomic E-state index is 6.16. The fourth-order valence-electron chi connectivity index (χ4n) is 4.15. The summed E-state index contributed by atoms with van der Waals surface area (Å²) in [7, 11) is 0. The lowest BCUT2D eigenvalue weighted by Crippen LogP contribution is -2.30. The van der Waals surface area contributed by atoms with E-state index in [0.717, 1.165) is 0 Å². The molecule has 15 nitrogen and oxygen atoms in total. The highest BCUT2D eigenvalue weighted by Crippen LogP contribution is 2.30. The molecular formula is C32H55NO14. The van der Waals surface area contributed by atoms with Gasteiger partial charge in [-0.3, -0.25) is 0 Å². The molecule has 0 saturated carbocycles. The molecule has 0 aliphatic carbocycles. The molecule has 1 aromatic rings. The molecule has 0 aromatic heterocycles. The first-order chi connectivity index (χ1) is 23.3. The van der Waals surface area contributed by atoms with E-state index in [0.29, 0.717) is 163 Å². The van der Waals surface area contributed by atoms with Gasteiger partial charge in [-0.2, -0.15) is 0 Å². The zero-order valence-electron chi connectivity index (χ0n) is 27.7. The van der Waals surface area contributed by atoms with Gasteiger partial charge in [0.1, 0.15) is 25.4 Å². The fraction of sp³-hybridized carbons (Fsp3) is 0.812. The third-order valence-corrected chi connectivity index (χ3v) is 6.56. The lowest BCUT2D eigenvalue weighted by Gasteiger charge is -2.22. The number of anilines is 1. The molecule has 2 atom stereocenters. The first kappa shape index (κ1) is 39.6. The van der Waals surface area contributed by atoms with Gasteiger partial charge in [0, 0.05) is 11.8 Å². The van der Waals surface area contributed by atoms with Gasteiger partial charge < -0.3 is 72.0 Å². The Morgan fingerprint density at radius 2 is 0.745 bits per heavy atom. The molecule has 47 heavy (non-hydrogen) atoms. The number of ether oxygens (including phenoxy) is 14. The van der Waals surface area contributed by atoms with Gasteiger partial charge in [-0.25, -0.2) is 0 Å². The molecule has 2 N–H and O–H groups in total. The number of benzene rings is 1. The molecule has 272 valence electrons. The summed E-state index contributed by atoms with van der Waals surface area (Å²) >= 11 is 0. The first-order valence-corrected chi connectivity index (χ1v) is 16.5.